The van der Waals surface area contributed by atoms with Crippen LogP contribution in [0.15, 0.2) is 18.6 Å². The fourth-order valence-corrected chi connectivity index (χ4v) is 1.33. The molecule has 0 bridgehead atoms. The predicted molar refractivity (Wildman–Crippen MR) is 55.5 cm³/mol. The SMILES string of the molecule is CC(NC(=O)c1cn[nH]n1)c1cnn(C)c1. The fraction of sp³-hybridized carbons (Fsp3) is 0.333. The topological polar surface area (TPSA) is 88.5 Å². The Hall–Kier alpha value is -2.18. The number of nitrogens with one attached hydrogen (secondary N) is 2. The average Bonchev–Trinajstić information content (AvgIpc) is 2.87. The van der Waals surface area contributed by atoms with Crippen molar-refractivity contribution < 1.29 is 4.79 Å². The zero-order chi connectivity index (χ0) is 11.5. The second-order valence-corrected chi connectivity index (χ2v) is 3.50. The van der Waals surface area contributed by atoms with Crippen LogP contribution >= 0.6 is 0 Å². The molecule has 0 spiro atoms. The lowest BCUT2D eigenvalue weighted by Crippen LogP contribution is -2.26. The molecule has 7 nitrogen and oxygen atoms in total. The van der Waals surface area contributed by atoms with Crippen LogP contribution in [0.5, 0.6) is 0 Å². The summed E-state index contributed by atoms with van der Waals surface area (Å²) >= 11 is 0. The quantitative estimate of drug-likeness (QED) is 0.763. The van der Waals surface area contributed by atoms with E-state index in [9.17, 15) is 4.79 Å². The summed E-state index contributed by atoms with van der Waals surface area (Å²) in [5.41, 5.74) is 1.22. The van der Waals surface area contributed by atoms with Gasteiger partial charge in [-0.1, -0.05) is 0 Å². The molecule has 1 amide bonds. The number of rotatable bonds is 3. The van der Waals surface area contributed by atoms with Gasteiger partial charge in [-0.2, -0.15) is 20.5 Å². The molecule has 84 valence electrons. The minimum Gasteiger partial charge on any atom is -0.344 e. The van der Waals surface area contributed by atoms with E-state index < -0.39 is 0 Å². The highest BCUT2D eigenvalue weighted by Crippen LogP contribution is 2.10. The second kappa shape index (κ2) is 4.13. The Kier molecular flexibility index (Phi) is 2.67. The summed E-state index contributed by atoms with van der Waals surface area (Å²) in [5.74, 6) is -0.259. The molecule has 0 aliphatic rings. The highest BCUT2D eigenvalue weighted by molar-refractivity contribution is 5.92. The van der Waals surface area contributed by atoms with Gasteiger partial charge < -0.3 is 5.32 Å². The monoisotopic (exact) mass is 220 g/mol. The molecule has 2 aromatic heterocycles. The molecule has 0 saturated heterocycles. The summed E-state index contributed by atoms with van der Waals surface area (Å²) in [4.78, 5) is 11.6. The average molecular weight is 220 g/mol. The third-order valence-corrected chi connectivity index (χ3v) is 2.22. The van der Waals surface area contributed by atoms with E-state index in [-0.39, 0.29) is 17.6 Å². The van der Waals surface area contributed by atoms with Gasteiger partial charge >= 0.3 is 0 Å². The zero-order valence-corrected chi connectivity index (χ0v) is 9.01. The van der Waals surface area contributed by atoms with Gasteiger partial charge in [0.2, 0.25) is 0 Å². The minimum atomic E-state index is -0.259. The number of carbonyl (C=O) groups is 1. The summed E-state index contributed by atoms with van der Waals surface area (Å²) in [6, 6.07) is -0.113. The van der Waals surface area contributed by atoms with Gasteiger partial charge in [-0.15, -0.1) is 0 Å². The van der Waals surface area contributed by atoms with Gasteiger partial charge in [0.25, 0.3) is 5.91 Å². The van der Waals surface area contributed by atoms with Crippen molar-refractivity contribution in [1.29, 1.82) is 0 Å². The first-order chi connectivity index (χ1) is 7.66. The van der Waals surface area contributed by atoms with Crippen molar-refractivity contribution >= 4 is 5.91 Å². The highest BCUT2D eigenvalue weighted by Gasteiger charge is 2.14. The van der Waals surface area contributed by atoms with Crippen LogP contribution in [-0.2, 0) is 7.05 Å². The van der Waals surface area contributed by atoms with Crippen molar-refractivity contribution in [3.05, 3.63) is 29.8 Å². The molecule has 16 heavy (non-hydrogen) atoms. The van der Waals surface area contributed by atoms with Crippen LogP contribution in [0.4, 0.5) is 0 Å². The van der Waals surface area contributed by atoms with E-state index in [0.29, 0.717) is 0 Å². The first kappa shape index (κ1) is 10.3. The molecule has 2 aromatic rings. The van der Waals surface area contributed by atoms with Gasteiger partial charge in [0.15, 0.2) is 5.69 Å². The van der Waals surface area contributed by atoms with Crippen LogP contribution in [-0.4, -0.2) is 31.1 Å². The predicted octanol–water partition coefficient (Wildman–Crippen LogP) is 0.0292. The molecule has 0 radical (unpaired) electrons. The van der Waals surface area contributed by atoms with E-state index in [1.807, 2.05) is 20.2 Å². The van der Waals surface area contributed by atoms with E-state index >= 15 is 0 Å². The molecule has 2 rings (SSSR count). The van der Waals surface area contributed by atoms with Crippen LogP contribution in [0, 0.1) is 0 Å². The number of H-pyrrole nitrogens is 1. The van der Waals surface area contributed by atoms with E-state index in [1.54, 1.807) is 10.9 Å². The number of hydrogen-bond donors (Lipinski definition) is 2. The summed E-state index contributed by atoms with van der Waals surface area (Å²) in [5, 5.41) is 16.5. The summed E-state index contributed by atoms with van der Waals surface area (Å²) in [6.07, 6.45) is 4.95. The Labute approximate surface area is 91.9 Å². The number of aryl methyl sites for hydroxylation is 1. The summed E-state index contributed by atoms with van der Waals surface area (Å²) in [7, 11) is 1.83. The Bertz CT molecular complexity index is 474. The number of nitrogens with zero attached hydrogens (tertiary/aromatic N) is 4. The van der Waals surface area contributed by atoms with E-state index in [4.69, 9.17) is 0 Å². The van der Waals surface area contributed by atoms with Crippen molar-refractivity contribution in [1.82, 2.24) is 30.5 Å². The van der Waals surface area contributed by atoms with Crippen LogP contribution in [0.1, 0.15) is 29.0 Å². The Morgan fingerprint density at radius 3 is 2.94 bits per heavy atom. The van der Waals surface area contributed by atoms with Gasteiger partial charge in [0.05, 0.1) is 18.4 Å². The summed E-state index contributed by atoms with van der Waals surface area (Å²) < 4.78 is 1.69. The largest absolute Gasteiger partial charge is 0.344 e. The third-order valence-electron chi connectivity index (χ3n) is 2.22. The lowest BCUT2D eigenvalue weighted by molar-refractivity contribution is 0.0935. The first-order valence-corrected chi connectivity index (χ1v) is 4.82. The van der Waals surface area contributed by atoms with Crippen molar-refractivity contribution in [2.24, 2.45) is 7.05 Å². The molecule has 2 N–H and O–H groups in total. The van der Waals surface area contributed by atoms with E-state index in [0.717, 1.165) is 5.56 Å². The molecule has 0 aliphatic heterocycles. The number of amides is 1. The number of aromatic amines is 1. The van der Waals surface area contributed by atoms with Crippen LogP contribution in [0.3, 0.4) is 0 Å². The molecular weight excluding hydrogens is 208 g/mol. The molecule has 1 unspecified atom stereocenters. The van der Waals surface area contributed by atoms with Crippen molar-refractivity contribution in [3.8, 4) is 0 Å². The first-order valence-electron chi connectivity index (χ1n) is 4.82. The molecule has 1 atom stereocenters. The third kappa shape index (κ3) is 2.08. The van der Waals surface area contributed by atoms with Crippen LogP contribution < -0.4 is 5.32 Å². The molecule has 0 saturated carbocycles. The van der Waals surface area contributed by atoms with E-state index in [1.165, 1.54) is 6.20 Å². The number of hydrogen-bond acceptors (Lipinski definition) is 4. The van der Waals surface area contributed by atoms with Crippen molar-refractivity contribution in [3.63, 3.8) is 0 Å². The maximum absolute atomic E-state index is 11.6. The maximum atomic E-state index is 11.6. The standard InChI is InChI=1S/C9H12N6O/c1-6(7-3-11-15(2)5-7)12-9(16)8-4-10-14-13-8/h3-6H,1-2H3,(H,12,16)(H,10,13,14). The second-order valence-electron chi connectivity index (χ2n) is 3.50. The lowest BCUT2D eigenvalue weighted by atomic mass is 10.2. The Morgan fingerprint density at radius 2 is 2.38 bits per heavy atom. The van der Waals surface area contributed by atoms with Gasteiger partial charge in [0.1, 0.15) is 0 Å². The normalized spacial score (nSPS) is 12.4. The lowest BCUT2D eigenvalue weighted by Gasteiger charge is -2.10. The van der Waals surface area contributed by atoms with Crippen molar-refractivity contribution in [2.45, 2.75) is 13.0 Å². The Morgan fingerprint density at radius 1 is 1.56 bits per heavy atom. The molecule has 0 fully saturated rings. The number of carbonyl (C=O) groups excluding carboxylic acids is 1. The van der Waals surface area contributed by atoms with Crippen LogP contribution in [0.2, 0.25) is 0 Å². The van der Waals surface area contributed by atoms with E-state index in [2.05, 4.69) is 25.8 Å². The molecule has 0 aliphatic carbocycles. The fourth-order valence-electron chi connectivity index (χ4n) is 1.33. The van der Waals surface area contributed by atoms with Gasteiger partial charge in [-0.25, -0.2) is 0 Å². The van der Waals surface area contributed by atoms with Gasteiger partial charge in [0, 0.05) is 18.8 Å². The zero-order valence-electron chi connectivity index (χ0n) is 9.01. The van der Waals surface area contributed by atoms with Crippen molar-refractivity contribution in [2.75, 3.05) is 0 Å². The number of aromatic nitrogens is 5. The molecular formula is C9H12N6O. The maximum Gasteiger partial charge on any atom is 0.273 e. The summed E-state index contributed by atoms with van der Waals surface area (Å²) in [6.45, 7) is 1.88. The molecule has 0 aromatic carbocycles. The molecule has 2 heterocycles. The molecule has 7 heteroatoms. The highest BCUT2D eigenvalue weighted by atomic mass is 16.2. The van der Waals surface area contributed by atoms with Crippen LogP contribution in [0.25, 0.3) is 0 Å². The minimum absolute atomic E-state index is 0.113. The van der Waals surface area contributed by atoms with Gasteiger partial charge in [-0.3, -0.25) is 9.48 Å². The Balaban J connectivity index is 2.03. The smallest absolute Gasteiger partial charge is 0.273 e. The van der Waals surface area contributed by atoms with Gasteiger partial charge in [-0.05, 0) is 6.92 Å².